The van der Waals surface area contributed by atoms with E-state index >= 15 is 0 Å². The van der Waals surface area contributed by atoms with Crippen LogP contribution in [0.3, 0.4) is 0 Å². The van der Waals surface area contributed by atoms with E-state index in [-0.39, 0.29) is 11.8 Å². The van der Waals surface area contributed by atoms with Gasteiger partial charge in [0.25, 0.3) is 5.91 Å². The molecule has 3 aliphatic rings. The SMILES string of the molecule is CC(=O)N1CCN(c2nc(C3CC3)nc3c2CCNC3=O)CC1. The van der Waals surface area contributed by atoms with Crippen molar-refractivity contribution in [2.24, 2.45) is 0 Å². The van der Waals surface area contributed by atoms with Crippen molar-refractivity contribution in [3.63, 3.8) is 0 Å². The van der Waals surface area contributed by atoms with Gasteiger partial charge >= 0.3 is 0 Å². The number of aromatic nitrogens is 2. The highest BCUT2D eigenvalue weighted by molar-refractivity contribution is 5.96. The smallest absolute Gasteiger partial charge is 0.270 e. The lowest BCUT2D eigenvalue weighted by Crippen LogP contribution is -2.49. The van der Waals surface area contributed by atoms with Crippen LogP contribution in [0.2, 0.25) is 0 Å². The first kappa shape index (κ1) is 14.4. The van der Waals surface area contributed by atoms with Gasteiger partial charge in [-0.15, -0.1) is 0 Å². The number of fused-ring (bicyclic) bond motifs is 1. The van der Waals surface area contributed by atoms with E-state index in [1.54, 1.807) is 6.92 Å². The maximum Gasteiger partial charge on any atom is 0.270 e. The molecule has 7 heteroatoms. The van der Waals surface area contributed by atoms with Crippen LogP contribution in [-0.2, 0) is 11.2 Å². The summed E-state index contributed by atoms with van der Waals surface area (Å²) < 4.78 is 0. The lowest BCUT2D eigenvalue weighted by Gasteiger charge is -2.36. The van der Waals surface area contributed by atoms with Gasteiger partial charge in [0.15, 0.2) is 0 Å². The van der Waals surface area contributed by atoms with E-state index in [2.05, 4.69) is 15.2 Å². The Bertz CT molecular complexity index is 663. The molecule has 0 aromatic carbocycles. The van der Waals surface area contributed by atoms with Gasteiger partial charge in [-0.3, -0.25) is 9.59 Å². The molecule has 2 aliphatic heterocycles. The maximum absolute atomic E-state index is 12.2. The highest BCUT2D eigenvalue weighted by atomic mass is 16.2. The van der Waals surface area contributed by atoms with Crippen molar-refractivity contribution >= 4 is 17.6 Å². The van der Waals surface area contributed by atoms with E-state index in [0.717, 1.165) is 49.6 Å². The van der Waals surface area contributed by atoms with Crippen LogP contribution in [0.15, 0.2) is 0 Å². The molecule has 1 saturated carbocycles. The van der Waals surface area contributed by atoms with Gasteiger partial charge in [-0.2, -0.15) is 0 Å². The molecule has 0 bridgehead atoms. The predicted molar refractivity (Wildman–Crippen MR) is 84.5 cm³/mol. The maximum atomic E-state index is 12.2. The Morgan fingerprint density at radius 1 is 1.17 bits per heavy atom. The number of nitrogens with one attached hydrogen (secondary N) is 1. The van der Waals surface area contributed by atoms with Gasteiger partial charge in [-0.1, -0.05) is 0 Å². The van der Waals surface area contributed by atoms with Crippen LogP contribution in [0.5, 0.6) is 0 Å². The minimum atomic E-state index is -0.0841. The van der Waals surface area contributed by atoms with Gasteiger partial charge in [-0.25, -0.2) is 9.97 Å². The molecule has 2 fully saturated rings. The number of hydrogen-bond acceptors (Lipinski definition) is 5. The van der Waals surface area contributed by atoms with E-state index in [9.17, 15) is 9.59 Å². The first-order chi connectivity index (χ1) is 11.1. The molecule has 1 aromatic rings. The minimum absolute atomic E-state index is 0.0841. The van der Waals surface area contributed by atoms with Gasteiger partial charge in [0, 0.05) is 51.1 Å². The molecular weight excluding hydrogens is 294 g/mol. The number of carbonyl (C=O) groups is 2. The molecule has 0 unspecified atom stereocenters. The van der Waals surface area contributed by atoms with Crippen LogP contribution >= 0.6 is 0 Å². The van der Waals surface area contributed by atoms with Crippen molar-refractivity contribution < 1.29 is 9.59 Å². The number of hydrogen-bond donors (Lipinski definition) is 1. The molecule has 4 rings (SSSR count). The number of amides is 2. The molecular formula is C16H21N5O2. The zero-order valence-electron chi connectivity index (χ0n) is 13.3. The van der Waals surface area contributed by atoms with Crippen LogP contribution < -0.4 is 10.2 Å². The Hall–Kier alpha value is -2.18. The van der Waals surface area contributed by atoms with Crippen LogP contribution in [0.4, 0.5) is 5.82 Å². The number of rotatable bonds is 2. The summed E-state index contributed by atoms with van der Waals surface area (Å²) in [5, 5.41) is 2.88. The normalized spacial score (nSPS) is 21.0. The fraction of sp³-hybridized carbons (Fsp3) is 0.625. The molecule has 2 amide bonds. The van der Waals surface area contributed by atoms with Gasteiger partial charge in [0.1, 0.15) is 17.3 Å². The number of piperazine rings is 1. The summed E-state index contributed by atoms with van der Waals surface area (Å²) >= 11 is 0. The molecule has 1 aromatic heterocycles. The first-order valence-electron chi connectivity index (χ1n) is 8.33. The molecule has 0 radical (unpaired) electrons. The average Bonchev–Trinajstić information content (AvgIpc) is 3.39. The van der Waals surface area contributed by atoms with E-state index < -0.39 is 0 Å². The minimum Gasteiger partial charge on any atom is -0.353 e. The van der Waals surface area contributed by atoms with E-state index in [4.69, 9.17) is 4.98 Å². The number of anilines is 1. The first-order valence-corrected chi connectivity index (χ1v) is 8.33. The molecule has 1 saturated heterocycles. The zero-order valence-corrected chi connectivity index (χ0v) is 13.3. The quantitative estimate of drug-likeness (QED) is 0.850. The second kappa shape index (κ2) is 5.47. The third-order valence-corrected chi connectivity index (χ3v) is 4.85. The molecule has 7 nitrogen and oxygen atoms in total. The highest BCUT2D eigenvalue weighted by Gasteiger charge is 2.33. The number of nitrogens with zero attached hydrogens (tertiary/aromatic N) is 4. The molecule has 1 N–H and O–H groups in total. The second-order valence-electron chi connectivity index (χ2n) is 6.51. The monoisotopic (exact) mass is 315 g/mol. The Balaban J connectivity index is 1.67. The third kappa shape index (κ3) is 2.64. The summed E-state index contributed by atoms with van der Waals surface area (Å²) in [4.78, 5) is 37.1. The zero-order chi connectivity index (χ0) is 16.0. The van der Waals surface area contributed by atoms with Crippen LogP contribution in [-0.4, -0.2) is 59.4 Å². The molecule has 1 aliphatic carbocycles. The molecule has 122 valence electrons. The standard InChI is InChI=1S/C16H21N5O2/c1-10(22)20-6-8-21(9-7-20)15-12-4-5-17-16(23)13(12)18-14(19-15)11-2-3-11/h11H,2-9H2,1H3,(H,17,23). The van der Waals surface area contributed by atoms with Crippen molar-refractivity contribution in [2.45, 2.75) is 32.1 Å². The van der Waals surface area contributed by atoms with Crippen molar-refractivity contribution in [3.05, 3.63) is 17.1 Å². The largest absolute Gasteiger partial charge is 0.353 e. The lowest BCUT2D eigenvalue weighted by molar-refractivity contribution is -0.129. The topological polar surface area (TPSA) is 78.4 Å². The summed E-state index contributed by atoms with van der Waals surface area (Å²) in [6, 6.07) is 0. The van der Waals surface area contributed by atoms with Crippen molar-refractivity contribution in [1.82, 2.24) is 20.2 Å². The summed E-state index contributed by atoms with van der Waals surface area (Å²) in [6.07, 6.45) is 2.99. The number of carbonyl (C=O) groups excluding carboxylic acids is 2. The molecule has 0 spiro atoms. The van der Waals surface area contributed by atoms with Crippen molar-refractivity contribution in [1.29, 1.82) is 0 Å². The Labute approximate surface area is 135 Å². The summed E-state index contributed by atoms with van der Waals surface area (Å²) in [5.74, 6) is 2.17. The lowest BCUT2D eigenvalue weighted by atomic mass is 10.0. The van der Waals surface area contributed by atoms with E-state index in [1.165, 1.54) is 0 Å². The van der Waals surface area contributed by atoms with Crippen LogP contribution in [0, 0.1) is 0 Å². The van der Waals surface area contributed by atoms with Crippen molar-refractivity contribution in [3.8, 4) is 0 Å². The van der Waals surface area contributed by atoms with E-state index in [1.807, 2.05) is 4.90 Å². The third-order valence-electron chi connectivity index (χ3n) is 4.85. The predicted octanol–water partition coefficient (Wildman–Crippen LogP) is 0.308. The Morgan fingerprint density at radius 3 is 2.57 bits per heavy atom. The van der Waals surface area contributed by atoms with Gasteiger partial charge in [0.2, 0.25) is 5.91 Å². The highest BCUT2D eigenvalue weighted by Crippen LogP contribution is 2.39. The van der Waals surface area contributed by atoms with Crippen LogP contribution in [0.25, 0.3) is 0 Å². The second-order valence-corrected chi connectivity index (χ2v) is 6.51. The summed E-state index contributed by atoms with van der Waals surface area (Å²) in [6.45, 7) is 5.18. The van der Waals surface area contributed by atoms with E-state index in [0.29, 0.717) is 31.2 Å². The summed E-state index contributed by atoms with van der Waals surface area (Å²) in [7, 11) is 0. The Kier molecular flexibility index (Phi) is 3.43. The summed E-state index contributed by atoms with van der Waals surface area (Å²) in [5.41, 5.74) is 1.52. The molecule has 0 atom stereocenters. The fourth-order valence-electron chi connectivity index (χ4n) is 3.31. The average molecular weight is 315 g/mol. The van der Waals surface area contributed by atoms with Gasteiger partial charge < -0.3 is 15.1 Å². The van der Waals surface area contributed by atoms with Gasteiger partial charge in [0.05, 0.1) is 0 Å². The molecule has 3 heterocycles. The Morgan fingerprint density at radius 2 is 1.91 bits per heavy atom. The molecule has 23 heavy (non-hydrogen) atoms. The van der Waals surface area contributed by atoms with Crippen molar-refractivity contribution in [2.75, 3.05) is 37.6 Å². The van der Waals surface area contributed by atoms with Crippen LogP contribution in [0.1, 0.15) is 47.6 Å². The van der Waals surface area contributed by atoms with Gasteiger partial charge in [-0.05, 0) is 19.3 Å². The fourth-order valence-corrected chi connectivity index (χ4v) is 3.31.